The summed E-state index contributed by atoms with van der Waals surface area (Å²) in [5, 5.41) is 4.41. The van der Waals surface area contributed by atoms with E-state index in [1.807, 2.05) is 18.2 Å². The number of pyridine rings is 1. The summed E-state index contributed by atoms with van der Waals surface area (Å²) in [6, 6.07) is 12.0. The second kappa shape index (κ2) is 6.41. The molecule has 1 fully saturated rings. The molecule has 6 heteroatoms. The van der Waals surface area contributed by atoms with Gasteiger partial charge in [-0.05, 0) is 12.0 Å². The topological polar surface area (TPSA) is 68.5 Å². The van der Waals surface area contributed by atoms with Crippen molar-refractivity contribution in [3.05, 3.63) is 60.0 Å². The van der Waals surface area contributed by atoms with Crippen LogP contribution < -0.4 is 0 Å². The summed E-state index contributed by atoms with van der Waals surface area (Å²) in [7, 11) is 0. The van der Waals surface area contributed by atoms with Crippen LogP contribution in [0.2, 0.25) is 0 Å². The van der Waals surface area contributed by atoms with Crippen molar-refractivity contribution in [1.29, 1.82) is 0 Å². The minimum atomic E-state index is -0.451. The van der Waals surface area contributed by atoms with Crippen LogP contribution in [-0.2, 0) is 11.3 Å². The average Bonchev–Trinajstić information content (AvgIpc) is 3.22. The van der Waals surface area contributed by atoms with Crippen LogP contribution in [0.15, 0.2) is 53.3 Å². The first-order valence-corrected chi connectivity index (χ1v) is 7.96. The quantitative estimate of drug-likeness (QED) is 0.688. The molecule has 0 radical (unpaired) electrons. The van der Waals surface area contributed by atoms with Gasteiger partial charge in [0.1, 0.15) is 6.10 Å². The number of likely N-dealkylation sites (tertiary alicyclic amines) is 1. The molecule has 1 unspecified atom stereocenters. The van der Waals surface area contributed by atoms with E-state index in [1.54, 1.807) is 18.5 Å². The second-order valence-electron chi connectivity index (χ2n) is 5.94. The summed E-state index contributed by atoms with van der Waals surface area (Å²) in [6.45, 7) is 2.51. The van der Waals surface area contributed by atoms with E-state index in [4.69, 9.17) is 9.26 Å². The number of carbonyl (C=O) groups excluding carboxylic acids is 1. The lowest BCUT2D eigenvalue weighted by Crippen LogP contribution is -2.25. The molecule has 24 heavy (non-hydrogen) atoms. The molecule has 0 amide bonds. The van der Waals surface area contributed by atoms with E-state index in [2.05, 4.69) is 27.2 Å². The minimum Gasteiger partial charge on any atom is -0.456 e. The average molecular weight is 323 g/mol. The van der Waals surface area contributed by atoms with Crippen molar-refractivity contribution in [2.75, 3.05) is 13.1 Å². The van der Waals surface area contributed by atoms with Crippen LogP contribution in [0.5, 0.6) is 0 Å². The van der Waals surface area contributed by atoms with Gasteiger partial charge in [0.25, 0.3) is 0 Å². The monoisotopic (exact) mass is 323 g/mol. The highest BCUT2D eigenvalue weighted by atomic mass is 16.5. The number of ether oxygens (including phenoxy) is 1. The number of esters is 1. The molecule has 1 aliphatic heterocycles. The molecule has 122 valence electrons. The second-order valence-corrected chi connectivity index (χ2v) is 5.94. The summed E-state index contributed by atoms with van der Waals surface area (Å²) in [4.78, 5) is 18.6. The Labute approximate surface area is 139 Å². The molecule has 3 aromatic rings. The number of nitrogens with zero attached hydrogens (tertiary/aromatic N) is 3. The third-order valence-corrected chi connectivity index (χ3v) is 4.22. The largest absolute Gasteiger partial charge is 0.456 e. The highest BCUT2D eigenvalue weighted by Crippen LogP contribution is 2.21. The number of carbonyl (C=O) groups is 1. The molecule has 1 saturated heterocycles. The molecule has 0 spiro atoms. The summed E-state index contributed by atoms with van der Waals surface area (Å²) in [6.07, 6.45) is 3.87. The highest BCUT2D eigenvalue weighted by Gasteiger charge is 2.28. The molecule has 1 aromatic carbocycles. The number of benzene rings is 1. The van der Waals surface area contributed by atoms with Crippen LogP contribution in [0.4, 0.5) is 0 Å². The fourth-order valence-electron chi connectivity index (χ4n) is 3.02. The Morgan fingerprint density at radius 3 is 3.04 bits per heavy atom. The first-order valence-electron chi connectivity index (χ1n) is 7.96. The molecule has 4 rings (SSSR count). The summed E-state index contributed by atoms with van der Waals surface area (Å²) >= 11 is 0. The van der Waals surface area contributed by atoms with Crippen LogP contribution in [0.25, 0.3) is 11.0 Å². The lowest BCUT2D eigenvalue weighted by molar-refractivity contribution is 0.0311. The molecule has 0 N–H and O–H groups in total. The fraction of sp³-hybridized carbons (Fsp3) is 0.278. The van der Waals surface area contributed by atoms with Gasteiger partial charge in [0, 0.05) is 38.1 Å². The predicted molar refractivity (Wildman–Crippen MR) is 87.3 cm³/mol. The SMILES string of the molecule is O=C(OC1CCN(Cc2ccccc2)C1)c1noc2ccncc12. The number of hydrogen-bond acceptors (Lipinski definition) is 6. The zero-order valence-corrected chi connectivity index (χ0v) is 13.1. The number of fused-ring (bicyclic) bond motifs is 1. The van der Waals surface area contributed by atoms with Crippen molar-refractivity contribution in [2.24, 2.45) is 0 Å². The Morgan fingerprint density at radius 1 is 1.29 bits per heavy atom. The number of rotatable bonds is 4. The van der Waals surface area contributed by atoms with E-state index in [9.17, 15) is 4.79 Å². The molecule has 6 nitrogen and oxygen atoms in total. The molecule has 0 bridgehead atoms. The lowest BCUT2D eigenvalue weighted by atomic mass is 10.2. The van der Waals surface area contributed by atoms with E-state index in [1.165, 1.54) is 5.56 Å². The first-order chi connectivity index (χ1) is 11.8. The van der Waals surface area contributed by atoms with E-state index in [0.29, 0.717) is 11.0 Å². The normalized spacial score (nSPS) is 18.1. The standard InChI is InChI=1S/C18H17N3O3/c22-18(17-15-10-19-8-6-16(15)24-20-17)23-14-7-9-21(12-14)11-13-4-2-1-3-5-13/h1-6,8,10,14H,7,9,11-12H2. The molecule has 0 aliphatic carbocycles. The number of aromatic nitrogens is 2. The van der Waals surface area contributed by atoms with Gasteiger partial charge in [-0.2, -0.15) is 0 Å². The summed E-state index contributed by atoms with van der Waals surface area (Å²) in [5.74, 6) is -0.451. The van der Waals surface area contributed by atoms with Crippen molar-refractivity contribution < 1.29 is 14.1 Å². The number of hydrogen-bond donors (Lipinski definition) is 0. The van der Waals surface area contributed by atoms with Crippen molar-refractivity contribution in [3.63, 3.8) is 0 Å². The van der Waals surface area contributed by atoms with Gasteiger partial charge in [-0.15, -0.1) is 0 Å². The Morgan fingerprint density at radius 2 is 2.17 bits per heavy atom. The van der Waals surface area contributed by atoms with Crippen molar-refractivity contribution in [3.8, 4) is 0 Å². The molecule has 3 heterocycles. The molecule has 0 saturated carbocycles. The van der Waals surface area contributed by atoms with Crippen LogP contribution in [0.1, 0.15) is 22.5 Å². The maximum atomic E-state index is 12.3. The highest BCUT2D eigenvalue weighted by molar-refractivity contribution is 6.00. The molecule has 2 aromatic heterocycles. The first kappa shape index (κ1) is 14.8. The third kappa shape index (κ3) is 3.00. The van der Waals surface area contributed by atoms with Crippen molar-refractivity contribution >= 4 is 16.9 Å². The molecular formula is C18H17N3O3. The maximum absolute atomic E-state index is 12.3. The van der Waals surface area contributed by atoms with Crippen LogP contribution in [-0.4, -0.2) is 40.2 Å². The Hall–Kier alpha value is -2.73. The van der Waals surface area contributed by atoms with E-state index >= 15 is 0 Å². The molecule has 1 aliphatic rings. The third-order valence-electron chi connectivity index (χ3n) is 4.22. The van der Waals surface area contributed by atoms with Gasteiger partial charge >= 0.3 is 5.97 Å². The van der Waals surface area contributed by atoms with Gasteiger partial charge in [0.2, 0.25) is 5.69 Å². The van der Waals surface area contributed by atoms with Gasteiger partial charge in [-0.1, -0.05) is 35.5 Å². The van der Waals surface area contributed by atoms with Crippen LogP contribution >= 0.6 is 0 Å². The fourth-order valence-corrected chi connectivity index (χ4v) is 3.02. The van der Waals surface area contributed by atoms with Gasteiger partial charge in [-0.25, -0.2) is 4.79 Å². The van der Waals surface area contributed by atoms with Crippen molar-refractivity contribution in [1.82, 2.24) is 15.0 Å². The predicted octanol–water partition coefficient (Wildman–Crippen LogP) is 2.65. The zero-order chi connectivity index (χ0) is 16.4. The van der Waals surface area contributed by atoms with Crippen LogP contribution in [0.3, 0.4) is 0 Å². The van der Waals surface area contributed by atoms with Gasteiger partial charge in [-0.3, -0.25) is 9.88 Å². The Balaban J connectivity index is 1.38. The van der Waals surface area contributed by atoms with Crippen LogP contribution in [0, 0.1) is 0 Å². The van der Waals surface area contributed by atoms with E-state index < -0.39 is 5.97 Å². The van der Waals surface area contributed by atoms with Crippen molar-refractivity contribution in [2.45, 2.75) is 19.1 Å². The van der Waals surface area contributed by atoms with E-state index in [-0.39, 0.29) is 11.8 Å². The summed E-state index contributed by atoms with van der Waals surface area (Å²) < 4.78 is 10.7. The lowest BCUT2D eigenvalue weighted by Gasteiger charge is -2.16. The van der Waals surface area contributed by atoms with E-state index in [0.717, 1.165) is 26.1 Å². The van der Waals surface area contributed by atoms with Gasteiger partial charge in [0.05, 0.1) is 5.39 Å². The Kier molecular flexibility index (Phi) is 3.96. The summed E-state index contributed by atoms with van der Waals surface area (Å²) in [5.41, 5.74) is 1.99. The molecule has 1 atom stereocenters. The maximum Gasteiger partial charge on any atom is 0.361 e. The Bertz CT molecular complexity index is 847. The minimum absolute atomic E-state index is 0.121. The van der Waals surface area contributed by atoms with Gasteiger partial charge < -0.3 is 9.26 Å². The van der Waals surface area contributed by atoms with Gasteiger partial charge in [0.15, 0.2) is 5.58 Å². The smallest absolute Gasteiger partial charge is 0.361 e. The molecular weight excluding hydrogens is 306 g/mol. The zero-order valence-electron chi connectivity index (χ0n) is 13.1.